The summed E-state index contributed by atoms with van der Waals surface area (Å²) in [6.07, 6.45) is 4.17. The first-order valence-electron chi connectivity index (χ1n) is 7.14. The van der Waals surface area contributed by atoms with Gasteiger partial charge in [-0.15, -0.1) is 11.3 Å². The molecule has 0 aromatic carbocycles. The molecule has 2 heterocycles. The Hall–Kier alpha value is -0.340. The van der Waals surface area contributed by atoms with Crippen LogP contribution in [0.3, 0.4) is 0 Å². The first kappa shape index (κ1) is 15.7. The van der Waals surface area contributed by atoms with Crippen LogP contribution in [0.4, 0.5) is 0 Å². The van der Waals surface area contributed by atoms with Crippen molar-refractivity contribution < 1.29 is 0 Å². The zero-order valence-electron chi connectivity index (χ0n) is 12.7. The molecule has 0 radical (unpaired) electrons. The van der Waals surface area contributed by atoms with E-state index in [1.807, 2.05) is 0 Å². The van der Waals surface area contributed by atoms with Gasteiger partial charge in [0.15, 0.2) is 0 Å². The third kappa shape index (κ3) is 5.11. The fraction of sp³-hybridized carbons (Fsp3) is 0.750. The second-order valence-corrected chi connectivity index (χ2v) is 7.40. The summed E-state index contributed by atoms with van der Waals surface area (Å²) in [5.41, 5.74) is 0.559. The Labute approximate surface area is 117 Å². The van der Waals surface area contributed by atoms with Crippen LogP contribution in [0.25, 0.3) is 0 Å². The lowest BCUT2D eigenvalue weighted by atomic mass is 9.79. The van der Waals surface area contributed by atoms with Crippen molar-refractivity contribution in [2.75, 3.05) is 20.1 Å². The molecule has 1 unspecified atom stereocenters. The second-order valence-electron chi connectivity index (χ2n) is 6.25. The molecule has 1 aliphatic rings. The first-order chi connectivity index (χ1) is 8.45. The zero-order chi connectivity index (χ0) is 13.6. The van der Waals surface area contributed by atoms with Crippen LogP contribution in [0.2, 0.25) is 0 Å². The maximum atomic E-state index is 2.47. The number of aryl methyl sites for hydroxylation is 1. The van der Waals surface area contributed by atoms with Gasteiger partial charge in [-0.1, -0.05) is 39.7 Å². The molecular weight excluding hydrogens is 238 g/mol. The van der Waals surface area contributed by atoms with Gasteiger partial charge in [0.2, 0.25) is 0 Å². The smallest absolute Gasteiger partial charge is 0.00329 e. The van der Waals surface area contributed by atoms with Crippen LogP contribution in [-0.4, -0.2) is 25.0 Å². The molecule has 0 bridgehead atoms. The predicted molar refractivity (Wildman–Crippen MR) is 83.3 cm³/mol. The molecule has 104 valence electrons. The van der Waals surface area contributed by atoms with E-state index < -0.39 is 0 Å². The molecule has 0 saturated carbocycles. The maximum Gasteiger partial charge on any atom is 0.00329 e. The zero-order valence-corrected chi connectivity index (χ0v) is 13.5. The summed E-state index contributed by atoms with van der Waals surface area (Å²) in [5, 5.41) is 2.08. The standard InChI is InChI=1S/C11H23N.C5H6S/c1-5-6-7-10-8-12(4)9-11(10,2)3;1-5-3-2-4-6-5/h10H,5-9H2,1-4H3;2-4H,1H3. The van der Waals surface area contributed by atoms with Crippen LogP contribution in [0.5, 0.6) is 0 Å². The number of rotatable bonds is 3. The van der Waals surface area contributed by atoms with Crippen LogP contribution >= 0.6 is 11.3 Å². The monoisotopic (exact) mass is 267 g/mol. The number of likely N-dealkylation sites (tertiary alicyclic amines) is 1. The Bertz CT molecular complexity index is 316. The van der Waals surface area contributed by atoms with Gasteiger partial charge in [-0.25, -0.2) is 0 Å². The van der Waals surface area contributed by atoms with Crippen LogP contribution in [-0.2, 0) is 0 Å². The Kier molecular flexibility index (Phi) is 6.37. The van der Waals surface area contributed by atoms with Gasteiger partial charge in [0.05, 0.1) is 0 Å². The van der Waals surface area contributed by atoms with Crippen LogP contribution in [0.1, 0.15) is 44.9 Å². The molecule has 1 atom stereocenters. The second kappa shape index (κ2) is 7.30. The van der Waals surface area contributed by atoms with E-state index in [1.54, 1.807) is 11.3 Å². The van der Waals surface area contributed by atoms with Gasteiger partial charge in [-0.2, -0.15) is 0 Å². The fourth-order valence-electron chi connectivity index (χ4n) is 2.81. The van der Waals surface area contributed by atoms with E-state index in [9.17, 15) is 0 Å². The average molecular weight is 267 g/mol. The molecule has 0 N–H and O–H groups in total. The fourth-order valence-corrected chi connectivity index (χ4v) is 3.33. The number of hydrogen-bond acceptors (Lipinski definition) is 2. The minimum Gasteiger partial charge on any atom is -0.306 e. The van der Waals surface area contributed by atoms with Crippen LogP contribution in [0, 0.1) is 18.3 Å². The van der Waals surface area contributed by atoms with Crippen LogP contribution in [0.15, 0.2) is 17.5 Å². The lowest BCUT2D eigenvalue weighted by Crippen LogP contribution is -2.22. The van der Waals surface area contributed by atoms with Gasteiger partial charge in [-0.05, 0) is 43.2 Å². The van der Waals surface area contributed by atoms with Gasteiger partial charge >= 0.3 is 0 Å². The van der Waals surface area contributed by atoms with Gasteiger partial charge < -0.3 is 4.90 Å². The summed E-state index contributed by atoms with van der Waals surface area (Å²) < 4.78 is 0. The Morgan fingerprint density at radius 2 is 2.17 bits per heavy atom. The maximum absolute atomic E-state index is 2.47. The molecule has 1 aromatic heterocycles. The minimum absolute atomic E-state index is 0.559. The molecule has 1 aliphatic heterocycles. The van der Waals surface area contributed by atoms with Gasteiger partial charge in [0, 0.05) is 18.0 Å². The Morgan fingerprint density at radius 3 is 2.50 bits per heavy atom. The van der Waals surface area contributed by atoms with Crippen molar-refractivity contribution in [1.29, 1.82) is 0 Å². The van der Waals surface area contributed by atoms with Crippen molar-refractivity contribution in [2.45, 2.75) is 47.0 Å². The largest absolute Gasteiger partial charge is 0.306 e. The molecular formula is C16H29NS. The highest BCUT2D eigenvalue weighted by atomic mass is 32.1. The Morgan fingerprint density at radius 1 is 1.44 bits per heavy atom. The van der Waals surface area contributed by atoms with E-state index in [0.717, 1.165) is 5.92 Å². The van der Waals surface area contributed by atoms with E-state index in [2.05, 4.69) is 57.2 Å². The normalized spacial score (nSPS) is 22.6. The molecule has 2 rings (SSSR count). The number of nitrogens with zero attached hydrogens (tertiary/aromatic N) is 1. The predicted octanol–water partition coefficient (Wildman–Crippen LogP) is 4.82. The van der Waals surface area contributed by atoms with Crippen molar-refractivity contribution in [3.8, 4) is 0 Å². The highest BCUT2D eigenvalue weighted by molar-refractivity contribution is 7.09. The van der Waals surface area contributed by atoms with Crippen molar-refractivity contribution in [3.05, 3.63) is 22.4 Å². The van der Waals surface area contributed by atoms with E-state index in [-0.39, 0.29) is 0 Å². The molecule has 18 heavy (non-hydrogen) atoms. The topological polar surface area (TPSA) is 3.24 Å². The summed E-state index contributed by atoms with van der Waals surface area (Å²) in [7, 11) is 2.24. The highest BCUT2D eigenvalue weighted by Gasteiger charge is 2.36. The summed E-state index contributed by atoms with van der Waals surface area (Å²) >= 11 is 1.78. The van der Waals surface area contributed by atoms with E-state index >= 15 is 0 Å². The molecule has 1 nitrogen and oxygen atoms in total. The number of unbranched alkanes of at least 4 members (excludes halogenated alkanes) is 1. The lowest BCUT2D eigenvalue weighted by molar-refractivity contribution is 0.265. The van der Waals surface area contributed by atoms with Gasteiger partial charge in [0.1, 0.15) is 0 Å². The van der Waals surface area contributed by atoms with E-state index in [0.29, 0.717) is 5.41 Å². The molecule has 0 amide bonds. The summed E-state index contributed by atoms with van der Waals surface area (Å²) in [6.45, 7) is 11.8. The Balaban J connectivity index is 0.000000225. The van der Waals surface area contributed by atoms with Crippen LogP contribution < -0.4 is 0 Å². The molecule has 1 fully saturated rings. The molecule has 1 aromatic rings. The van der Waals surface area contributed by atoms with Crippen molar-refractivity contribution in [1.82, 2.24) is 4.90 Å². The molecule has 2 heteroatoms. The van der Waals surface area contributed by atoms with Crippen molar-refractivity contribution >= 4 is 11.3 Å². The number of thiophene rings is 1. The molecule has 1 saturated heterocycles. The summed E-state index contributed by atoms with van der Waals surface area (Å²) in [5.74, 6) is 0.933. The lowest BCUT2D eigenvalue weighted by Gasteiger charge is -2.25. The third-order valence-corrected chi connectivity index (χ3v) is 4.69. The minimum atomic E-state index is 0.559. The first-order valence-corrected chi connectivity index (χ1v) is 8.02. The van der Waals surface area contributed by atoms with Crippen molar-refractivity contribution in [3.63, 3.8) is 0 Å². The summed E-state index contributed by atoms with van der Waals surface area (Å²) in [6, 6.07) is 4.16. The van der Waals surface area contributed by atoms with Gasteiger partial charge in [0.25, 0.3) is 0 Å². The van der Waals surface area contributed by atoms with Crippen molar-refractivity contribution in [2.24, 2.45) is 11.3 Å². The van der Waals surface area contributed by atoms with Gasteiger partial charge in [-0.3, -0.25) is 0 Å². The summed E-state index contributed by atoms with van der Waals surface area (Å²) in [4.78, 5) is 3.86. The third-order valence-electron chi connectivity index (χ3n) is 3.88. The average Bonchev–Trinajstić information content (AvgIpc) is 2.83. The van der Waals surface area contributed by atoms with E-state index in [1.165, 1.54) is 37.2 Å². The SMILES string of the molecule is CCCCC1CN(C)CC1(C)C.Cc1cccs1. The molecule has 0 spiro atoms. The highest BCUT2D eigenvalue weighted by Crippen LogP contribution is 2.37. The number of hydrogen-bond donors (Lipinski definition) is 0. The molecule has 0 aliphatic carbocycles. The van der Waals surface area contributed by atoms with E-state index in [4.69, 9.17) is 0 Å². The quantitative estimate of drug-likeness (QED) is 0.759.